The average Bonchev–Trinajstić information content (AvgIpc) is 2.27. The van der Waals surface area contributed by atoms with Gasteiger partial charge in [-0.2, -0.15) is 0 Å². The molecule has 5 heteroatoms. The van der Waals surface area contributed by atoms with Gasteiger partial charge in [-0.25, -0.2) is 9.59 Å². The van der Waals surface area contributed by atoms with Crippen LogP contribution in [-0.2, 0) is 4.79 Å². The third-order valence-electron chi connectivity index (χ3n) is 2.67. The van der Waals surface area contributed by atoms with Crippen molar-refractivity contribution in [2.24, 2.45) is 0 Å². The van der Waals surface area contributed by atoms with Gasteiger partial charge in [0.2, 0.25) is 0 Å². The Morgan fingerprint density at radius 2 is 1.88 bits per heavy atom. The van der Waals surface area contributed by atoms with Crippen LogP contribution in [0.5, 0.6) is 0 Å². The van der Waals surface area contributed by atoms with Crippen molar-refractivity contribution < 1.29 is 14.7 Å². The van der Waals surface area contributed by atoms with E-state index in [4.69, 9.17) is 5.11 Å². The monoisotopic (exact) mass is 230 g/mol. The van der Waals surface area contributed by atoms with Crippen LogP contribution in [0.2, 0.25) is 0 Å². The Morgan fingerprint density at radius 1 is 1.31 bits per heavy atom. The van der Waals surface area contributed by atoms with Crippen molar-refractivity contribution in [3.63, 3.8) is 0 Å². The topological polar surface area (TPSA) is 60.9 Å². The summed E-state index contributed by atoms with van der Waals surface area (Å²) >= 11 is 0. The molecule has 0 radical (unpaired) electrons. The van der Waals surface area contributed by atoms with E-state index >= 15 is 0 Å². The van der Waals surface area contributed by atoms with Gasteiger partial charge in [-0.3, -0.25) is 0 Å². The second-order valence-corrected chi connectivity index (χ2v) is 3.84. The largest absolute Gasteiger partial charge is 0.480 e. The molecule has 0 aromatic carbocycles. The zero-order valence-electron chi connectivity index (χ0n) is 10.6. The second-order valence-electron chi connectivity index (χ2n) is 3.84. The third kappa shape index (κ3) is 4.08. The van der Waals surface area contributed by atoms with Crippen LogP contribution in [0.15, 0.2) is 0 Å². The van der Waals surface area contributed by atoms with Crippen LogP contribution in [0.3, 0.4) is 0 Å². The Hall–Kier alpha value is -1.26. The highest BCUT2D eigenvalue weighted by Crippen LogP contribution is 2.04. The highest BCUT2D eigenvalue weighted by Gasteiger charge is 2.24. The number of carboxylic acids is 1. The van der Waals surface area contributed by atoms with Crippen molar-refractivity contribution in [3.05, 3.63) is 0 Å². The zero-order chi connectivity index (χ0) is 12.7. The fourth-order valence-corrected chi connectivity index (χ4v) is 1.29. The lowest BCUT2D eigenvalue weighted by Crippen LogP contribution is -2.48. The van der Waals surface area contributed by atoms with Gasteiger partial charge in [0.1, 0.15) is 6.04 Å². The number of hydrogen-bond acceptors (Lipinski definition) is 2. The van der Waals surface area contributed by atoms with Gasteiger partial charge in [0, 0.05) is 20.1 Å². The first-order valence-corrected chi connectivity index (χ1v) is 5.70. The van der Waals surface area contributed by atoms with Crippen molar-refractivity contribution >= 4 is 12.0 Å². The lowest BCUT2D eigenvalue weighted by molar-refractivity contribution is -0.141. The van der Waals surface area contributed by atoms with Gasteiger partial charge in [0.25, 0.3) is 0 Å². The number of amides is 2. The molecule has 0 aromatic rings. The van der Waals surface area contributed by atoms with Gasteiger partial charge in [-0.15, -0.1) is 0 Å². The van der Waals surface area contributed by atoms with Crippen LogP contribution >= 0.6 is 0 Å². The molecule has 0 aliphatic rings. The van der Waals surface area contributed by atoms with Crippen molar-refractivity contribution in [3.8, 4) is 0 Å². The fourth-order valence-electron chi connectivity index (χ4n) is 1.29. The van der Waals surface area contributed by atoms with E-state index in [0.717, 1.165) is 12.8 Å². The molecule has 0 saturated heterocycles. The van der Waals surface area contributed by atoms with Gasteiger partial charge in [-0.1, -0.05) is 13.3 Å². The molecule has 0 heterocycles. The summed E-state index contributed by atoms with van der Waals surface area (Å²) in [6.45, 7) is 6.75. The zero-order valence-corrected chi connectivity index (χ0v) is 10.6. The molecule has 1 unspecified atom stereocenters. The number of unbranched alkanes of at least 4 members (excludes halogenated alkanes) is 1. The van der Waals surface area contributed by atoms with E-state index in [1.54, 1.807) is 4.90 Å². The van der Waals surface area contributed by atoms with Gasteiger partial charge in [0.15, 0.2) is 0 Å². The van der Waals surface area contributed by atoms with Crippen LogP contribution in [0.4, 0.5) is 4.79 Å². The number of hydrogen-bond donors (Lipinski definition) is 1. The average molecular weight is 230 g/mol. The minimum absolute atomic E-state index is 0.217. The highest BCUT2D eigenvalue weighted by atomic mass is 16.4. The number of likely N-dealkylation sites (N-methyl/N-ethyl adjacent to an activating group) is 1. The number of aliphatic carboxylic acids is 1. The van der Waals surface area contributed by atoms with Crippen LogP contribution in [-0.4, -0.2) is 53.1 Å². The number of urea groups is 1. The van der Waals surface area contributed by atoms with Gasteiger partial charge in [0.05, 0.1) is 0 Å². The Kier molecular flexibility index (Phi) is 6.53. The summed E-state index contributed by atoms with van der Waals surface area (Å²) in [7, 11) is 1.52. The Balaban J connectivity index is 4.43. The molecule has 0 fully saturated rings. The lowest BCUT2D eigenvalue weighted by atomic mass is 10.3. The molecule has 2 amide bonds. The number of carbonyl (C=O) groups excluding carboxylic acids is 1. The predicted octanol–water partition coefficient (Wildman–Crippen LogP) is 1.63. The molecule has 0 aliphatic heterocycles. The van der Waals surface area contributed by atoms with Crippen molar-refractivity contribution in [2.75, 3.05) is 20.1 Å². The molecular formula is C11H22N2O3. The van der Waals surface area contributed by atoms with Crippen LogP contribution in [0.1, 0.15) is 33.6 Å². The summed E-state index contributed by atoms with van der Waals surface area (Å²) in [6, 6.07) is -1.01. The molecule has 0 rings (SSSR count). The smallest absolute Gasteiger partial charge is 0.326 e. The Bertz CT molecular complexity index is 243. The maximum absolute atomic E-state index is 11.9. The molecule has 1 N–H and O–H groups in total. The van der Waals surface area contributed by atoms with Crippen molar-refractivity contribution in [1.29, 1.82) is 0 Å². The summed E-state index contributed by atoms with van der Waals surface area (Å²) in [5, 5.41) is 8.82. The molecular weight excluding hydrogens is 208 g/mol. The lowest BCUT2D eigenvalue weighted by Gasteiger charge is -2.29. The summed E-state index contributed by atoms with van der Waals surface area (Å²) in [5.41, 5.74) is 0. The van der Waals surface area contributed by atoms with E-state index in [0.29, 0.717) is 13.1 Å². The van der Waals surface area contributed by atoms with E-state index in [2.05, 4.69) is 6.92 Å². The van der Waals surface area contributed by atoms with Crippen LogP contribution in [0, 0.1) is 0 Å². The number of carboxylic acid groups (broad SMARTS) is 1. The van der Waals surface area contributed by atoms with E-state index in [-0.39, 0.29) is 6.03 Å². The standard InChI is InChI=1S/C11H22N2O3/c1-5-7-8-13(6-2)11(16)12(4)9(3)10(14)15/h9H,5-8H2,1-4H3,(H,14,15). The van der Waals surface area contributed by atoms with E-state index in [1.165, 1.54) is 18.9 Å². The molecule has 5 nitrogen and oxygen atoms in total. The summed E-state index contributed by atoms with van der Waals surface area (Å²) in [4.78, 5) is 25.6. The maximum atomic E-state index is 11.9. The molecule has 0 aromatic heterocycles. The summed E-state index contributed by atoms with van der Waals surface area (Å²) < 4.78 is 0. The van der Waals surface area contributed by atoms with Gasteiger partial charge < -0.3 is 14.9 Å². The minimum Gasteiger partial charge on any atom is -0.480 e. The van der Waals surface area contributed by atoms with E-state index in [9.17, 15) is 9.59 Å². The SMILES string of the molecule is CCCCN(CC)C(=O)N(C)C(C)C(=O)O. The first-order valence-electron chi connectivity index (χ1n) is 5.70. The molecule has 94 valence electrons. The quantitative estimate of drug-likeness (QED) is 0.754. The fraction of sp³-hybridized carbons (Fsp3) is 0.818. The number of rotatable bonds is 6. The first kappa shape index (κ1) is 14.7. The first-order chi connectivity index (χ1) is 7.45. The van der Waals surface area contributed by atoms with Gasteiger partial charge in [-0.05, 0) is 20.3 Å². The number of nitrogens with zero attached hydrogens (tertiary/aromatic N) is 2. The van der Waals surface area contributed by atoms with Crippen molar-refractivity contribution in [2.45, 2.75) is 39.7 Å². The molecule has 0 spiro atoms. The highest BCUT2D eigenvalue weighted by molar-refractivity contribution is 5.82. The van der Waals surface area contributed by atoms with E-state index < -0.39 is 12.0 Å². The second kappa shape index (κ2) is 7.09. The molecule has 0 aliphatic carbocycles. The van der Waals surface area contributed by atoms with Crippen LogP contribution < -0.4 is 0 Å². The maximum Gasteiger partial charge on any atom is 0.326 e. The van der Waals surface area contributed by atoms with E-state index in [1.807, 2.05) is 6.92 Å². The molecule has 0 bridgehead atoms. The number of carbonyl (C=O) groups is 2. The summed E-state index contributed by atoms with van der Waals surface area (Å²) in [5.74, 6) is -0.984. The third-order valence-corrected chi connectivity index (χ3v) is 2.67. The summed E-state index contributed by atoms with van der Waals surface area (Å²) in [6.07, 6.45) is 1.96. The van der Waals surface area contributed by atoms with Crippen molar-refractivity contribution in [1.82, 2.24) is 9.80 Å². The van der Waals surface area contributed by atoms with Crippen LogP contribution in [0.25, 0.3) is 0 Å². The molecule has 16 heavy (non-hydrogen) atoms. The Morgan fingerprint density at radius 3 is 2.25 bits per heavy atom. The predicted molar refractivity (Wildman–Crippen MR) is 62.4 cm³/mol. The van der Waals surface area contributed by atoms with Gasteiger partial charge >= 0.3 is 12.0 Å². The Labute approximate surface area is 97.0 Å². The minimum atomic E-state index is -0.984. The molecule has 1 atom stereocenters. The normalized spacial score (nSPS) is 12.0. The molecule has 0 saturated carbocycles.